The van der Waals surface area contributed by atoms with E-state index in [-0.39, 0.29) is 0 Å². The molecule has 0 spiro atoms. The SMILES string of the molecule is CCC1N(C)C=CC=C(C)N1C. The van der Waals surface area contributed by atoms with Crippen LogP contribution in [-0.2, 0) is 0 Å². The van der Waals surface area contributed by atoms with Crippen molar-refractivity contribution in [2.75, 3.05) is 14.1 Å². The minimum absolute atomic E-state index is 0.500. The fourth-order valence-corrected chi connectivity index (χ4v) is 1.61. The molecule has 1 rings (SSSR count). The van der Waals surface area contributed by atoms with Gasteiger partial charge in [0.25, 0.3) is 0 Å². The van der Waals surface area contributed by atoms with E-state index >= 15 is 0 Å². The van der Waals surface area contributed by atoms with E-state index in [1.165, 1.54) is 5.70 Å². The van der Waals surface area contributed by atoms with Gasteiger partial charge in [-0.2, -0.15) is 0 Å². The zero-order valence-electron chi connectivity index (χ0n) is 8.41. The molecule has 2 heteroatoms. The van der Waals surface area contributed by atoms with Gasteiger partial charge >= 0.3 is 0 Å². The van der Waals surface area contributed by atoms with Crippen molar-refractivity contribution in [2.45, 2.75) is 26.4 Å². The maximum atomic E-state index is 2.31. The second-order valence-electron chi connectivity index (χ2n) is 3.31. The van der Waals surface area contributed by atoms with Gasteiger partial charge in [-0.3, -0.25) is 0 Å². The van der Waals surface area contributed by atoms with E-state index in [2.05, 4.69) is 56.1 Å². The largest absolute Gasteiger partial charge is 0.360 e. The quantitative estimate of drug-likeness (QED) is 0.588. The molecule has 0 aromatic heterocycles. The summed E-state index contributed by atoms with van der Waals surface area (Å²) in [5, 5.41) is 0. The summed E-state index contributed by atoms with van der Waals surface area (Å²) < 4.78 is 0. The summed E-state index contributed by atoms with van der Waals surface area (Å²) in [5.41, 5.74) is 1.32. The molecule has 0 saturated heterocycles. The number of hydrogen-bond donors (Lipinski definition) is 0. The Kier molecular flexibility index (Phi) is 2.79. The Morgan fingerprint density at radius 1 is 1.42 bits per heavy atom. The van der Waals surface area contributed by atoms with Crippen LogP contribution in [0.4, 0.5) is 0 Å². The molecule has 0 radical (unpaired) electrons. The van der Waals surface area contributed by atoms with Crippen LogP contribution in [0.2, 0.25) is 0 Å². The Labute approximate surface area is 75.2 Å². The fourth-order valence-electron chi connectivity index (χ4n) is 1.61. The monoisotopic (exact) mass is 166 g/mol. The number of rotatable bonds is 1. The lowest BCUT2D eigenvalue weighted by atomic mass is 10.3. The number of nitrogens with zero attached hydrogens (tertiary/aromatic N) is 2. The lowest BCUT2D eigenvalue weighted by Crippen LogP contribution is -2.39. The molecule has 1 unspecified atom stereocenters. The smallest absolute Gasteiger partial charge is 0.0999 e. The van der Waals surface area contributed by atoms with Crippen molar-refractivity contribution in [3.63, 3.8) is 0 Å². The third kappa shape index (κ3) is 1.63. The molecule has 0 bridgehead atoms. The molecular formula is C10H18N2. The Hall–Kier alpha value is -0.920. The van der Waals surface area contributed by atoms with E-state index in [9.17, 15) is 0 Å². The van der Waals surface area contributed by atoms with Gasteiger partial charge in [0.15, 0.2) is 0 Å². The van der Waals surface area contributed by atoms with Crippen LogP contribution >= 0.6 is 0 Å². The molecule has 68 valence electrons. The van der Waals surface area contributed by atoms with Gasteiger partial charge in [-0.05, 0) is 25.5 Å². The normalized spacial score (nSPS) is 24.0. The molecule has 1 aliphatic heterocycles. The van der Waals surface area contributed by atoms with Crippen LogP contribution in [0.1, 0.15) is 20.3 Å². The molecule has 1 atom stereocenters. The van der Waals surface area contributed by atoms with Crippen LogP contribution in [0.5, 0.6) is 0 Å². The van der Waals surface area contributed by atoms with Gasteiger partial charge in [-0.25, -0.2) is 0 Å². The minimum atomic E-state index is 0.500. The highest BCUT2D eigenvalue weighted by Crippen LogP contribution is 2.15. The molecule has 0 aliphatic carbocycles. The zero-order chi connectivity index (χ0) is 9.14. The van der Waals surface area contributed by atoms with Gasteiger partial charge in [-0.15, -0.1) is 0 Å². The zero-order valence-corrected chi connectivity index (χ0v) is 8.41. The summed E-state index contributed by atoms with van der Waals surface area (Å²) in [4.78, 5) is 4.55. The van der Waals surface area contributed by atoms with Crippen molar-refractivity contribution in [1.82, 2.24) is 9.80 Å². The molecule has 0 amide bonds. The Balaban J connectivity index is 2.83. The summed E-state index contributed by atoms with van der Waals surface area (Å²) in [5.74, 6) is 0. The molecule has 0 aromatic carbocycles. The van der Waals surface area contributed by atoms with E-state index < -0.39 is 0 Å². The lowest BCUT2D eigenvalue weighted by molar-refractivity contribution is 0.153. The van der Waals surface area contributed by atoms with Crippen LogP contribution in [-0.4, -0.2) is 30.1 Å². The Morgan fingerprint density at radius 3 is 2.67 bits per heavy atom. The van der Waals surface area contributed by atoms with Crippen LogP contribution in [0, 0.1) is 0 Å². The van der Waals surface area contributed by atoms with Gasteiger partial charge in [0, 0.05) is 26.0 Å². The number of hydrogen-bond acceptors (Lipinski definition) is 2. The van der Waals surface area contributed by atoms with Crippen molar-refractivity contribution in [3.8, 4) is 0 Å². The van der Waals surface area contributed by atoms with Crippen LogP contribution in [0.25, 0.3) is 0 Å². The average molecular weight is 166 g/mol. The fraction of sp³-hybridized carbons (Fsp3) is 0.600. The van der Waals surface area contributed by atoms with Crippen LogP contribution in [0.15, 0.2) is 24.0 Å². The van der Waals surface area contributed by atoms with E-state index in [0.29, 0.717) is 6.17 Å². The van der Waals surface area contributed by atoms with Crippen molar-refractivity contribution in [2.24, 2.45) is 0 Å². The third-order valence-electron chi connectivity index (χ3n) is 2.50. The predicted molar refractivity (Wildman–Crippen MR) is 52.5 cm³/mol. The second-order valence-corrected chi connectivity index (χ2v) is 3.31. The van der Waals surface area contributed by atoms with Gasteiger partial charge in [0.05, 0.1) is 6.17 Å². The first-order chi connectivity index (χ1) is 5.66. The van der Waals surface area contributed by atoms with E-state index in [1.807, 2.05) is 0 Å². The molecule has 2 nitrogen and oxygen atoms in total. The molecule has 0 aromatic rings. The summed E-state index contributed by atoms with van der Waals surface area (Å²) in [7, 11) is 4.26. The summed E-state index contributed by atoms with van der Waals surface area (Å²) >= 11 is 0. The van der Waals surface area contributed by atoms with Crippen molar-refractivity contribution in [1.29, 1.82) is 0 Å². The molecule has 0 saturated carbocycles. The first kappa shape index (κ1) is 9.17. The highest BCUT2D eigenvalue weighted by atomic mass is 15.3. The molecule has 0 fully saturated rings. The summed E-state index contributed by atoms with van der Waals surface area (Å²) in [6.07, 6.45) is 8.01. The van der Waals surface area contributed by atoms with Crippen LogP contribution in [0.3, 0.4) is 0 Å². The highest BCUT2D eigenvalue weighted by Gasteiger charge is 2.16. The van der Waals surface area contributed by atoms with Gasteiger partial charge in [0.2, 0.25) is 0 Å². The standard InChI is InChI=1S/C10H18N2/c1-5-10-11(3)8-6-7-9(2)12(10)4/h6-8,10H,5H2,1-4H3. The predicted octanol–water partition coefficient (Wildman–Crippen LogP) is 2.02. The van der Waals surface area contributed by atoms with Gasteiger partial charge in [-0.1, -0.05) is 6.92 Å². The van der Waals surface area contributed by atoms with Gasteiger partial charge in [0.1, 0.15) is 0 Å². The summed E-state index contributed by atoms with van der Waals surface area (Å²) in [6.45, 7) is 4.36. The van der Waals surface area contributed by atoms with E-state index in [1.54, 1.807) is 0 Å². The van der Waals surface area contributed by atoms with Crippen molar-refractivity contribution >= 4 is 0 Å². The molecular weight excluding hydrogens is 148 g/mol. The van der Waals surface area contributed by atoms with Gasteiger partial charge < -0.3 is 9.80 Å². The van der Waals surface area contributed by atoms with E-state index in [0.717, 1.165) is 6.42 Å². The lowest BCUT2D eigenvalue weighted by Gasteiger charge is -2.34. The van der Waals surface area contributed by atoms with Crippen molar-refractivity contribution in [3.05, 3.63) is 24.0 Å². The molecule has 0 N–H and O–H groups in total. The topological polar surface area (TPSA) is 6.48 Å². The third-order valence-corrected chi connectivity index (χ3v) is 2.50. The first-order valence-corrected chi connectivity index (χ1v) is 4.46. The maximum Gasteiger partial charge on any atom is 0.0999 e. The molecule has 1 aliphatic rings. The highest BCUT2D eigenvalue weighted by molar-refractivity contribution is 5.12. The average Bonchev–Trinajstić information content (AvgIpc) is 2.14. The first-order valence-electron chi connectivity index (χ1n) is 4.46. The minimum Gasteiger partial charge on any atom is -0.360 e. The van der Waals surface area contributed by atoms with Crippen molar-refractivity contribution < 1.29 is 0 Å². The molecule has 1 heterocycles. The Morgan fingerprint density at radius 2 is 2.08 bits per heavy atom. The van der Waals surface area contributed by atoms with E-state index in [4.69, 9.17) is 0 Å². The Bertz CT molecular complexity index is 206. The summed E-state index contributed by atoms with van der Waals surface area (Å²) in [6, 6.07) is 0. The maximum absolute atomic E-state index is 2.31. The van der Waals surface area contributed by atoms with Crippen LogP contribution < -0.4 is 0 Å². The second kappa shape index (κ2) is 3.65. The number of allylic oxidation sites excluding steroid dienone is 3. The molecule has 12 heavy (non-hydrogen) atoms.